The van der Waals surface area contributed by atoms with Gasteiger partial charge in [0.2, 0.25) is 0 Å². The number of benzene rings is 1. The van der Waals surface area contributed by atoms with Crippen molar-refractivity contribution in [1.82, 2.24) is 10.2 Å². The number of hydrogen-bond acceptors (Lipinski definition) is 4. The molecule has 1 heterocycles. The molecule has 7 nitrogen and oxygen atoms in total. The summed E-state index contributed by atoms with van der Waals surface area (Å²) in [6, 6.07) is 3.13. The summed E-state index contributed by atoms with van der Waals surface area (Å²) >= 11 is 0. The summed E-state index contributed by atoms with van der Waals surface area (Å²) in [4.78, 5) is 48.3. The zero-order valence-electron chi connectivity index (χ0n) is 13.1. The maximum atomic E-state index is 12.3. The first kappa shape index (κ1) is 16.7. The molecule has 1 aromatic carbocycles. The molecule has 0 spiro atoms. The number of rotatable bonds is 5. The average molecular weight is 318 g/mol. The smallest absolute Gasteiger partial charge is 0.326 e. The minimum atomic E-state index is -1.11. The summed E-state index contributed by atoms with van der Waals surface area (Å²) in [5, 5.41) is 11.7. The number of carboxylic acid groups (broad SMARTS) is 1. The van der Waals surface area contributed by atoms with Crippen molar-refractivity contribution in [3.05, 3.63) is 34.9 Å². The maximum Gasteiger partial charge on any atom is 0.326 e. The fourth-order valence-electron chi connectivity index (χ4n) is 2.41. The van der Waals surface area contributed by atoms with Crippen molar-refractivity contribution in [3.63, 3.8) is 0 Å². The van der Waals surface area contributed by atoms with E-state index < -0.39 is 29.7 Å². The van der Waals surface area contributed by atoms with Gasteiger partial charge >= 0.3 is 5.97 Å². The zero-order chi connectivity index (χ0) is 17.3. The maximum absolute atomic E-state index is 12.3. The van der Waals surface area contributed by atoms with E-state index in [4.69, 9.17) is 0 Å². The van der Waals surface area contributed by atoms with E-state index in [0.717, 1.165) is 4.90 Å². The zero-order valence-corrected chi connectivity index (χ0v) is 13.1. The van der Waals surface area contributed by atoms with Crippen LogP contribution in [0, 0.1) is 5.92 Å². The van der Waals surface area contributed by atoms with Gasteiger partial charge in [0, 0.05) is 12.6 Å². The average Bonchev–Trinajstić information content (AvgIpc) is 2.75. The van der Waals surface area contributed by atoms with Gasteiger partial charge in [-0.1, -0.05) is 20.3 Å². The van der Waals surface area contributed by atoms with Crippen LogP contribution in [0.4, 0.5) is 0 Å². The molecular weight excluding hydrogens is 300 g/mol. The van der Waals surface area contributed by atoms with E-state index >= 15 is 0 Å². The molecular formula is C16H18N2O5. The Balaban J connectivity index is 2.27. The Bertz CT molecular complexity index is 698. The van der Waals surface area contributed by atoms with Gasteiger partial charge in [0.1, 0.15) is 6.04 Å². The van der Waals surface area contributed by atoms with Gasteiger partial charge in [-0.15, -0.1) is 0 Å². The minimum absolute atomic E-state index is 0.148. The fraction of sp³-hybridized carbons (Fsp3) is 0.375. The number of aliphatic carboxylic acids is 1. The molecule has 2 atom stereocenters. The molecule has 122 valence electrons. The lowest BCUT2D eigenvalue weighted by Crippen LogP contribution is -2.45. The number of hydrogen-bond donors (Lipinski definition) is 2. The lowest BCUT2D eigenvalue weighted by molar-refractivity contribution is -0.140. The Kier molecular flexibility index (Phi) is 4.49. The van der Waals surface area contributed by atoms with Crippen molar-refractivity contribution in [2.24, 2.45) is 5.92 Å². The first-order valence-electron chi connectivity index (χ1n) is 7.28. The van der Waals surface area contributed by atoms with E-state index in [-0.39, 0.29) is 22.6 Å². The molecule has 0 saturated heterocycles. The lowest BCUT2D eigenvalue weighted by atomic mass is 9.98. The first-order chi connectivity index (χ1) is 10.8. The second-order valence-corrected chi connectivity index (χ2v) is 5.60. The lowest BCUT2D eigenvalue weighted by Gasteiger charge is -2.20. The second-order valence-electron chi connectivity index (χ2n) is 5.60. The molecule has 1 aromatic rings. The molecule has 7 heteroatoms. The summed E-state index contributed by atoms with van der Waals surface area (Å²) in [5.74, 6) is -2.83. The predicted molar refractivity (Wildman–Crippen MR) is 81.2 cm³/mol. The van der Waals surface area contributed by atoms with Crippen molar-refractivity contribution < 1.29 is 24.3 Å². The van der Waals surface area contributed by atoms with Gasteiger partial charge in [-0.05, 0) is 24.1 Å². The van der Waals surface area contributed by atoms with E-state index in [0.29, 0.717) is 6.42 Å². The molecule has 0 aromatic heterocycles. The number of imide groups is 1. The third kappa shape index (κ3) is 2.94. The standard InChI is InChI=1S/C16H18N2O5/c1-4-8(2)12(16(22)23)17-13(19)9-5-6-10-11(7-9)15(21)18(3)14(10)20/h5-8,12H,4H2,1-3H3,(H,17,19)(H,22,23)/t8-,12-/m0/s1. The Labute approximate surface area is 133 Å². The van der Waals surface area contributed by atoms with Crippen LogP contribution in [0.1, 0.15) is 51.3 Å². The molecule has 23 heavy (non-hydrogen) atoms. The second kappa shape index (κ2) is 6.20. The molecule has 2 rings (SSSR count). The van der Waals surface area contributed by atoms with Crippen LogP contribution in [-0.4, -0.2) is 46.8 Å². The number of nitrogens with zero attached hydrogens (tertiary/aromatic N) is 1. The number of carbonyl (C=O) groups excluding carboxylic acids is 3. The van der Waals surface area contributed by atoms with Crippen LogP contribution in [-0.2, 0) is 4.79 Å². The molecule has 0 fully saturated rings. The Morgan fingerprint density at radius 2 is 1.83 bits per heavy atom. The molecule has 0 saturated carbocycles. The van der Waals surface area contributed by atoms with Crippen molar-refractivity contribution in [1.29, 1.82) is 0 Å². The SMILES string of the molecule is CC[C@H](C)[C@H](NC(=O)c1ccc2c(c1)C(=O)N(C)C2=O)C(=O)O. The molecule has 0 aliphatic carbocycles. The van der Waals surface area contributed by atoms with Crippen molar-refractivity contribution in [2.75, 3.05) is 7.05 Å². The van der Waals surface area contributed by atoms with E-state index in [1.807, 2.05) is 6.92 Å². The van der Waals surface area contributed by atoms with Gasteiger partial charge < -0.3 is 10.4 Å². The largest absolute Gasteiger partial charge is 0.480 e. The van der Waals surface area contributed by atoms with Crippen LogP contribution in [0.25, 0.3) is 0 Å². The highest BCUT2D eigenvalue weighted by Gasteiger charge is 2.33. The molecule has 2 N–H and O–H groups in total. The summed E-state index contributed by atoms with van der Waals surface area (Å²) in [5.41, 5.74) is 0.543. The predicted octanol–water partition coefficient (Wildman–Crippen LogP) is 1.14. The summed E-state index contributed by atoms with van der Waals surface area (Å²) in [6.45, 7) is 3.57. The minimum Gasteiger partial charge on any atom is -0.480 e. The van der Waals surface area contributed by atoms with Crippen LogP contribution in [0.2, 0.25) is 0 Å². The molecule has 0 unspecified atom stereocenters. The third-order valence-electron chi connectivity index (χ3n) is 4.12. The fourth-order valence-corrected chi connectivity index (χ4v) is 2.41. The van der Waals surface area contributed by atoms with Crippen molar-refractivity contribution in [3.8, 4) is 0 Å². The van der Waals surface area contributed by atoms with E-state index in [1.165, 1.54) is 25.2 Å². The molecule has 0 radical (unpaired) electrons. The summed E-state index contributed by atoms with van der Waals surface area (Å²) in [6.07, 6.45) is 0.596. The highest BCUT2D eigenvalue weighted by Crippen LogP contribution is 2.23. The normalized spacial score (nSPS) is 16.0. The third-order valence-corrected chi connectivity index (χ3v) is 4.12. The van der Waals surface area contributed by atoms with E-state index in [2.05, 4.69) is 5.32 Å². The highest BCUT2D eigenvalue weighted by atomic mass is 16.4. The summed E-state index contributed by atoms with van der Waals surface area (Å²) in [7, 11) is 1.37. The molecule has 1 aliphatic heterocycles. The quantitative estimate of drug-likeness (QED) is 0.792. The van der Waals surface area contributed by atoms with Gasteiger partial charge in [0.15, 0.2) is 0 Å². The van der Waals surface area contributed by atoms with Crippen LogP contribution >= 0.6 is 0 Å². The Morgan fingerprint density at radius 1 is 1.22 bits per heavy atom. The number of carbonyl (C=O) groups is 4. The molecule has 3 amide bonds. The van der Waals surface area contributed by atoms with Gasteiger partial charge in [-0.2, -0.15) is 0 Å². The van der Waals surface area contributed by atoms with Crippen molar-refractivity contribution >= 4 is 23.7 Å². The van der Waals surface area contributed by atoms with Gasteiger partial charge in [-0.3, -0.25) is 19.3 Å². The topological polar surface area (TPSA) is 104 Å². The van der Waals surface area contributed by atoms with Gasteiger partial charge in [0.05, 0.1) is 11.1 Å². The van der Waals surface area contributed by atoms with Crippen molar-refractivity contribution in [2.45, 2.75) is 26.3 Å². The number of nitrogens with one attached hydrogen (secondary N) is 1. The van der Waals surface area contributed by atoms with E-state index in [1.54, 1.807) is 6.92 Å². The summed E-state index contributed by atoms with van der Waals surface area (Å²) < 4.78 is 0. The number of amides is 3. The first-order valence-corrected chi connectivity index (χ1v) is 7.28. The molecule has 1 aliphatic rings. The highest BCUT2D eigenvalue weighted by molar-refractivity contribution is 6.21. The number of carboxylic acids is 1. The molecule has 0 bridgehead atoms. The Morgan fingerprint density at radius 3 is 2.39 bits per heavy atom. The number of fused-ring (bicyclic) bond motifs is 1. The van der Waals surface area contributed by atoms with Crippen LogP contribution in [0.15, 0.2) is 18.2 Å². The van der Waals surface area contributed by atoms with Gasteiger partial charge in [0.25, 0.3) is 17.7 Å². The monoisotopic (exact) mass is 318 g/mol. The Hall–Kier alpha value is -2.70. The van der Waals surface area contributed by atoms with Crippen LogP contribution < -0.4 is 5.32 Å². The van der Waals surface area contributed by atoms with Crippen LogP contribution in [0.5, 0.6) is 0 Å². The van der Waals surface area contributed by atoms with Gasteiger partial charge in [-0.25, -0.2) is 4.79 Å². The van der Waals surface area contributed by atoms with E-state index in [9.17, 15) is 24.3 Å². The van der Waals surface area contributed by atoms with Crippen LogP contribution in [0.3, 0.4) is 0 Å².